The number of hydrogen-bond donors (Lipinski definition) is 1. The van der Waals surface area contributed by atoms with Crippen LogP contribution < -0.4 is 5.32 Å². The number of rotatable bonds is 0. The molecule has 2 aliphatic heterocycles. The molecule has 1 fully saturated rings. The van der Waals surface area contributed by atoms with Crippen LogP contribution in [-0.2, 0) is 9.59 Å². The lowest BCUT2D eigenvalue weighted by atomic mass is 10.4. The molecule has 0 atom stereocenters. The van der Waals surface area contributed by atoms with Crippen molar-refractivity contribution in [1.82, 2.24) is 10.2 Å². The zero-order chi connectivity index (χ0) is 9.68. The van der Waals surface area contributed by atoms with Crippen molar-refractivity contribution >= 4 is 11.8 Å². The second-order valence-corrected chi connectivity index (χ2v) is 3.09. The van der Waals surface area contributed by atoms with E-state index in [1.807, 2.05) is 7.05 Å². The summed E-state index contributed by atoms with van der Waals surface area (Å²) in [5, 5.41) is 2.50. The van der Waals surface area contributed by atoms with E-state index in [4.69, 9.17) is 0 Å². The fourth-order valence-corrected chi connectivity index (χ4v) is 1.16. The second-order valence-electron chi connectivity index (χ2n) is 3.09. The van der Waals surface area contributed by atoms with Gasteiger partial charge in [0.25, 0.3) is 0 Å². The van der Waals surface area contributed by atoms with E-state index in [1.54, 1.807) is 17.2 Å². The third kappa shape index (κ3) is 3.27. The molecule has 1 saturated heterocycles. The Labute approximate surface area is 77.6 Å². The highest BCUT2D eigenvalue weighted by Gasteiger charge is 2.14. The third-order valence-electron chi connectivity index (χ3n) is 1.98. The Bertz CT molecular complexity index is 226. The molecule has 2 heterocycles. The molecule has 4 heteroatoms. The quantitative estimate of drug-likeness (QED) is 0.584. The van der Waals surface area contributed by atoms with Crippen LogP contribution in [0.25, 0.3) is 0 Å². The van der Waals surface area contributed by atoms with Gasteiger partial charge in [-0.05, 0) is 6.42 Å². The van der Waals surface area contributed by atoms with Crippen LogP contribution in [0.5, 0.6) is 0 Å². The summed E-state index contributed by atoms with van der Waals surface area (Å²) < 4.78 is 0. The van der Waals surface area contributed by atoms with E-state index < -0.39 is 0 Å². The van der Waals surface area contributed by atoms with E-state index in [0.29, 0.717) is 12.3 Å². The van der Waals surface area contributed by atoms with Crippen molar-refractivity contribution in [2.75, 3.05) is 13.6 Å². The van der Waals surface area contributed by atoms with Crippen LogP contribution in [0.4, 0.5) is 0 Å². The minimum Gasteiger partial charge on any atom is -0.346 e. The van der Waals surface area contributed by atoms with E-state index in [9.17, 15) is 9.59 Å². The minimum absolute atomic E-state index is 0.0926. The van der Waals surface area contributed by atoms with Crippen LogP contribution in [0, 0.1) is 0 Å². The summed E-state index contributed by atoms with van der Waals surface area (Å²) in [6.45, 7) is 0.957. The number of nitrogens with one attached hydrogen (secondary N) is 1. The first-order chi connectivity index (χ1) is 6.20. The van der Waals surface area contributed by atoms with Crippen LogP contribution in [0.3, 0.4) is 0 Å². The van der Waals surface area contributed by atoms with Gasteiger partial charge >= 0.3 is 0 Å². The van der Waals surface area contributed by atoms with Crippen LogP contribution in [0.1, 0.15) is 19.3 Å². The van der Waals surface area contributed by atoms with Crippen molar-refractivity contribution in [3.63, 3.8) is 0 Å². The summed E-state index contributed by atoms with van der Waals surface area (Å²) in [6.07, 6.45) is 5.82. The molecular weight excluding hydrogens is 168 g/mol. The van der Waals surface area contributed by atoms with Gasteiger partial charge in [0, 0.05) is 32.6 Å². The van der Waals surface area contributed by atoms with Gasteiger partial charge in [0.05, 0.1) is 0 Å². The largest absolute Gasteiger partial charge is 0.346 e. The number of amides is 2. The Hall–Kier alpha value is -1.32. The van der Waals surface area contributed by atoms with E-state index in [1.165, 1.54) is 0 Å². The highest BCUT2D eigenvalue weighted by Crippen LogP contribution is 2.04. The highest BCUT2D eigenvalue weighted by molar-refractivity contribution is 5.80. The van der Waals surface area contributed by atoms with Crippen molar-refractivity contribution in [3.8, 4) is 0 Å². The van der Waals surface area contributed by atoms with Crippen LogP contribution >= 0.6 is 0 Å². The summed E-state index contributed by atoms with van der Waals surface area (Å²) in [6, 6.07) is 0. The van der Waals surface area contributed by atoms with Crippen LogP contribution in [-0.4, -0.2) is 30.3 Å². The fourth-order valence-electron chi connectivity index (χ4n) is 1.16. The Morgan fingerprint density at radius 1 is 1.46 bits per heavy atom. The topological polar surface area (TPSA) is 49.4 Å². The molecule has 0 saturated carbocycles. The van der Waals surface area contributed by atoms with Crippen molar-refractivity contribution in [3.05, 3.63) is 12.3 Å². The van der Waals surface area contributed by atoms with Gasteiger partial charge in [-0.2, -0.15) is 0 Å². The van der Waals surface area contributed by atoms with Gasteiger partial charge in [0.1, 0.15) is 0 Å². The Balaban J connectivity index is 0.000000132. The van der Waals surface area contributed by atoms with Gasteiger partial charge in [-0.15, -0.1) is 0 Å². The Kier molecular flexibility index (Phi) is 3.49. The first-order valence-corrected chi connectivity index (χ1v) is 4.38. The van der Waals surface area contributed by atoms with E-state index >= 15 is 0 Å². The van der Waals surface area contributed by atoms with Crippen molar-refractivity contribution in [2.45, 2.75) is 19.3 Å². The normalized spacial score (nSPS) is 19.9. The molecule has 2 aliphatic rings. The zero-order valence-electron chi connectivity index (χ0n) is 7.75. The van der Waals surface area contributed by atoms with Gasteiger partial charge in [0.2, 0.25) is 11.8 Å². The lowest BCUT2D eigenvalue weighted by Crippen LogP contribution is -2.17. The molecule has 2 amide bonds. The molecule has 0 aromatic heterocycles. The molecule has 0 radical (unpaired) electrons. The summed E-state index contributed by atoms with van der Waals surface area (Å²) >= 11 is 0. The Morgan fingerprint density at radius 2 is 2.23 bits per heavy atom. The zero-order valence-corrected chi connectivity index (χ0v) is 7.75. The lowest BCUT2D eigenvalue weighted by Gasteiger charge is -2.03. The van der Waals surface area contributed by atoms with E-state index in [2.05, 4.69) is 5.32 Å². The maximum absolute atomic E-state index is 10.5. The lowest BCUT2D eigenvalue weighted by molar-refractivity contribution is -0.126. The molecule has 72 valence electrons. The Morgan fingerprint density at radius 3 is 2.38 bits per heavy atom. The standard InChI is InChI=1S/C5H9NO.C4H5NO/c1-6-4-2-3-5(6)7;6-4-2-1-3-5-4/h2-4H2,1H3;1,3H,2H2,(H,5,6). The van der Waals surface area contributed by atoms with Crippen molar-refractivity contribution < 1.29 is 9.59 Å². The number of hydrogen-bond acceptors (Lipinski definition) is 2. The van der Waals surface area contributed by atoms with Gasteiger partial charge in [-0.3, -0.25) is 9.59 Å². The summed E-state index contributed by atoms with van der Waals surface area (Å²) in [4.78, 5) is 22.3. The van der Waals surface area contributed by atoms with Crippen molar-refractivity contribution in [2.24, 2.45) is 0 Å². The smallest absolute Gasteiger partial charge is 0.227 e. The first-order valence-electron chi connectivity index (χ1n) is 4.38. The summed E-state index contributed by atoms with van der Waals surface area (Å²) in [5.41, 5.74) is 0. The molecule has 0 bridgehead atoms. The SMILES string of the molecule is CN1CCCC1=O.O=C1CC=CN1. The number of carbonyl (C=O) groups is 2. The average Bonchev–Trinajstić information content (AvgIpc) is 2.67. The number of nitrogens with zero attached hydrogens (tertiary/aromatic N) is 1. The predicted molar refractivity (Wildman–Crippen MR) is 48.8 cm³/mol. The molecule has 0 spiro atoms. The van der Waals surface area contributed by atoms with Gasteiger partial charge in [-0.1, -0.05) is 6.08 Å². The highest BCUT2D eigenvalue weighted by atomic mass is 16.2. The molecule has 0 unspecified atom stereocenters. The third-order valence-corrected chi connectivity index (χ3v) is 1.98. The molecule has 0 aromatic carbocycles. The number of carbonyl (C=O) groups excluding carboxylic acids is 2. The minimum atomic E-state index is 0.0926. The van der Waals surface area contributed by atoms with Crippen molar-refractivity contribution in [1.29, 1.82) is 0 Å². The van der Waals surface area contributed by atoms with Gasteiger partial charge in [0.15, 0.2) is 0 Å². The van der Waals surface area contributed by atoms with E-state index in [0.717, 1.165) is 19.4 Å². The maximum Gasteiger partial charge on any atom is 0.227 e. The molecule has 2 rings (SSSR count). The van der Waals surface area contributed by atoms with Crippen LogP contribution in [0.2, 0.25) is 0 Å². The predicted octanol–water partition coefficient (Wildman–Crippen LogP) is 0.259. The van der Waals surface area contributed by atoms with Crippen LogP contribution in [0.15, 0.2) is 12.3 Å². The first kappa shape index (κ1) is 9.77. The molecule has 1 N–H and O–H groups in total. The molecule has 13 heavy (non-hydrogen) atoms. The molecule has 0 aromatic rings. The second kappa shape index (κ2) is 4.64. The number of likely N-dealkylation sites (tertiary alicyclic amines) is 1. The average molecular weight is 182 g/mol. The molecular formula is C9H14N2O2. The molecule has 4 nitrogen and oxygen atoms in total. The van der Waals surface area contributed by atoms with Gasteiger partial charge < -0.3 is 10.2 Å². The summed E-state index contributed by atoms with van der Waals surface area (Å²) in [5.74, 6) is 0.384. The fraction of sp³-hybridized carbons (Fsp3) is 0.556. The molecule has 0 aliphatic carbocycles. The summed E-state index contributed by atoms with van der Waals surface area (Å²) in [7, 11) is 1.84. The van der Waals surface area contributed by atoms with E-state index in [-0.39, 0.29) is 5.91 Å². The maximum atomic E-state index is 10.5. The van der Waals surface area contributed by atoms with Gasteiger partial charge in [-0.25, -0.2) is 0 Å². The monoisotopic (exact) mass is 182 g/mol.